The van der Waals surface area contributed by atoms with Crippen LogP contribution in [-0.2, 0) is 0 Å². The van der Waals surface area contributed by atoms with Crippen molar-refractivity contribution in [3.05, 3.63) is 59.8 Å². The summed E-state index contributed by atoms with van der Waals surface area (Å²) in [5.41, 5.74) is 7.45. The lowest BCUT2D eigenvalue weighted by molar-refractivity contribution is -0.0252. The van der Waals surface area contributed by atoms with Gasteiger partial charge >= 0.3 is 5.97 Å². The number of ether oxygens (including phenoxy) is 2. The predicted molar refractivity (Wildman–Crippen MR) is 158 cm³/mol. The lowest BCUT2D eigenvalue weighted by Gasteiger charge is -2.39. The van der Waals surface area contributed by atoms with Gasteiger partial charge in [0, 0.05) is 42.1 Å². The number of hydrogen-bond acceptors (Lipinski definition) is 7. The second-order valence-electron chi connectivity index (χ2n) is 12.0. The average Bonchev–Trinajstić information content (AvgIpc) is 3.60. The van der Waals surface area contributed by atoms with E-state index in [0.717, 1.165) is 80.4 Å². The molecule has 3 atom stereocenters. The van der Waals surface area contributed by atoms with Gasteiger partial charge in [-0.3, -0.25) is 0 Å². The minimum atomic E-state index is -0.981. The number of nitrogens with two attached hydrogens (primary N) is 1. The van der Waals surface area contributed by atoms with Crippen molar-refractivity contribution >= 4 is 16.9 Å². The van der Waals surface area contributed by atoms with Gasteiger partial charge in [0.2, 0.25) is 0 Å². The Morgan fingerprint density at radius 3 is 2.71 bits per heavy atom. The van der Waals surface area contributed by atoms with Gasteiger partial charge in [-0.15, -0.1) is 0 Å². The number of aromatic amines is 1. The summed E-state index contributed by atoms with van der Waals surface area (Å²) in [4.78, 5) is 16.4. The van der Waals surface area contributed by atoms with Gasteiger partial charge in [0.15, 0.2) is 0 Å². The Kier molecular flexibility index (Phi) is 9.19. The van der Waals surface area contributed by atoms with Crippen molar-refractivity contribution in [1.29, 1.82) is 0 Å². The van der Waals surface area contributed by atoms with Crippen LogP contribution in [0.15, 0.2) is 48.5 Å². The smallest absolute Gasteiger partial charge is 0.352 e. The average molecular weight is 566 g/mol. The number of fused-ring (bicyclic) bond motifs is 2. The molecule has 1 aromatic heterocycles. The Bertz CT molecular complexity index is 1320. The highest BCUT2D eigenvalue weighted by atomic mass is 16.5. The molecule has 3 aromatic rings. The summed E-state index contributed by atoms with van der Waals surface area (Å²) in [5.74, 6) is 1.14. The zero-order chi connectivity index (χ0) is 29.0. The third-order valence-electron chi connectivity index (χ3n) is 8.89. The number of aromatic nitrogens is 1. The summed E-state index contributed by atoms with van der Waals surface area (Å²) in [6.07, 6.45) is 5.17. The molecule has 1 aliphatic carbocycles. The van der Waals surface area contributed by atoms with E-state index in [1.54, 1.807) is 6.07 Å². The number of aliphatic hydroxyl groups is 2. The van der Waals surface area contributed by atoms with Crippen molar-refractivity contribution in [2.24, 2.45) is 11.7 Å². The molecule has 0 bridgehead atoms. The van der Waals surface area contributed by atoms with Crippen molar-refractivity contribution < 1.29 is 29.6 Å². The fourth-order valence-corrected chi connectivity index (χ4v) is 6.14. The molecule has 2 fully saturated rings. The maximum Gasteiger partial charge on any atom is 0.352 e. The molecular weight excluding hydrogens is 522 g/mol. The molecule has 9 heteroatoms. The van der Waals surface area contributed by atoms with Crippen LogP contribution in [0.2, 0.25) is 0 Å². The van der Waals surface area contributed by atoms with Crippen LogP contribution in [0.5, 0.6) is 11.5 Å². The molecule has 2 aromatic carbocycles. The number of para-hydroxylation sites is 1. The first-order valence-electron chi connectivity index (χ1n) is 14.8. The Morgan fingerprint density at radius 1 is 1.17 bits per heavy atom. The van der Waals surface area contributed by atoms with Crippen LogP contribution in [0.1, 0.15) is 67.4 Å². The highest BCUT2D eigenvalue weighted by Crippen LogP contribution is 2.35. The molecule has 6 N–H and O–H groups in total. The normalized spacial score (nSPS) is 27.9. The summed E-state index contributed by atoms with van der Waals surface area (Å²) >= 11 is 0. The van der Waals surface area contributed by atoms with Gasteiger partial charge in [0.25, 0.3) is 0 Å². The van der Waals surface area contributed by atoms with Gasteiger partial charge in [-0.25, -0.2) is 4.79 Å². The summed E-state index contributed by atoms with van der Waals surface area (Å²) in [6, 6.07) is 15.4. The largest absolute Gasteiger partial charge is 0.493 e. The molecule has 0 spiro atoms. The molecule has 6 rings (SSSR count). The number of aliphatic hydroxyl groups excluding tert-OH is 1. The van der Waals surface area contributed by atoms with Crippen molar-refractivity contribution in [2.45, 2.75) is 69.1 Å². The monoisotopic (exact) mass is 565 g/mol. The van der Waals surface area contributed by atoms with Crippen LogP contribution in [0.4, 0.5) is 0 Å². The van der Waals surface area contributed by atoms with E-state index in [2.05, 4.69) is 22.9 Å². The first-order chi connectivity index (χ1) is 19.7. The topological polar surface area (TPSA) is 141 Å². The maximum absolute atomic E-state index is 11.1. The van der Waals surface area contributed by atoms with E-state index in [0.29, 0.717) is 24.9 Å². The van der Waals surface area contributed by atoms with E-state index >= 15 is 0 Å². The van der Waals surface area contributed by atoms with E-state index in [1.165, 1.54) is 0 Å². The van der Waals surface area contributed by atoms with E-state index in [1.807, 2.05) is 36.4 Å². The van der Waals surface area contributed by atoms with Crippen molar-refractivity contribution in [3.8, 4) is 11.5 Å². The molecule has 3 heterocycles. The lowest BCUT2D eigenvalue weighted by atomic mass is 9.80. The van der Waals surface area contributed by atoms with Crippen LogP contribution in [0.3, 0.4) is 0 Å². The Morgan fingerprint density at radius 2 is 1.95 bits per heavy atom. The molecule has 9 nitrogen and oxygen atoms in total. The van der Waals surface area contributed by atoms with E-state index in [-0.39, 0.29) is 23.8 Å². The molecule has 41 heavy (non-hydrogen) atoms. The number of nitrogens with zero attached hydrogens (tertiary/aromatic N) is 1. The molecule has 0 amide bonds. The Hall–Kier alpha value is -3.11. The number of benzene rings is 2. The van der Waals surface area contributed by atoms with Gasteiger partial charge in [-0.2, -0.15) is 0 Å². The highest BCUT2D eigenvalue weighted by Gasteiger charge is 2.33. The van der Waals surface area contributed by atoms with Gasteiger partial charge in [-0.1, -0.05) is 31.2 Å². The van der Waals surface area contributed by atoms with Gasteiger partial charge in [0.05, 0.1) is 30.8 Å². The number of rotatable bonds is 7. The maximum atomic E-state index is 11.1. The first kappa shape index (κ1) is 29.4. The molecular formula is C32H43N3O6. The molecule has 3 aliphatic rings. The van der Waals surface area contributed by atoms with Gasteiger partial charge in [0.1, 0.15) is 17.2 Å². The van der Waals surface area contributed by atoms with Gasteiger partial charge < -0.3 is 40.4 Å². The van der Waals surface area contributed by atoms with Crippen LogP contribution in [0.25, 0.3) is 10.9 Å². The van der Waals surface area contributed by atoms with E-state index in [9.17, 15) is 15.0 Å². The highest BCUT2D eigenvalue weighted by molar-refractivity contribution is 5.96. The first-order valence-corrected chi connectivity index (χ1v) is 14.8. The van der Waals surface area contributed by atoms with Crippen LogP contribution >= 0.6 is 0 Å². The van der Waals surface area contributed by atoms with Crippen molar-refractivity contribution in [3.63, 3.8) is 0 Å². The number of carboxylic acid groups (broad SMARTS) is 1. The number of aromatic carboxylic acids is 1. The third-order valence-corrected chi connectivity index (χ3v) is 8.89. The second-order valence-corrected chi connectivity index (χ2v) is 12.0. The second kappa shape index (κ2) is 12.8. The number of piperidine rings is 1. The number of nitrogens with one attached hydrogen (secondary N) is 1. The van der Waals surface area contributed by atoms with Gasteiger partial charge in [-0.05, 0) is 68.7 Å². The molecule has 1 saturated heterocycles. The lowest BCUT2D eigenvalue weighted by Crippen LogP contribution is -2.45. The van der Waals surface area contributed by atoms with Crippen molar-refractivity contribution in [1.82, 2.24) is 9.88 Å². The zero-order valence-electron chi connectivity index (χ0n) is 23.8. The SMILES string of the molecule is C[C@H]1CN(CCC2(O)CCC(N)CC2)CC[C@@H]1O.O=C(O)c1cc2c(OC[C@@H]3COc4ccccc43)cccc2[nH]1. The Labute approximate surface area is 241 Å². The number of H-pyrrole nitrogens is 1. The minimum absolute atomic E-state index is 0.142. The summed E-state index contributed by atoms with van der Waals surface area (Å²) in [7, 11) is 0. The minimum Gasteiger partial charge on any atom is -0.493 e. The summed E-state index contributed by atoms with van der Waals surface area (Å²) < 4.78 is 11.6. The number of likely N-dealkylation sites (tertiary alicyclic amines) is 1. The number of carboxylic acids is 1. The molecule has 0 radical (unpaired) electrons. The quantitative estimate of drug-likeness (QED) is 0.288. The molecule has 222 valence electrons. The molecule has 2 aliphatic heterocycles. The van der Waals surface area contributed by atoms with Crippen LogP contribution in [0, 0.1) is 5.92 Å². The zero-order valence-corrected chi connectivity index (χ0v) is 23.8. The standard InChI is InChI=1S/C18H15NO4.C14H28N2O2/c20-18(21)15-8-13-14(19-15)5-3-7-17(13)23-10-11-9-22-16-6-2-1-4-12(11)16;1-11-10-16(8-4-13(11)17)9-7-14(18)5-2-12(15)3-6-14/h1-8,11,19H,9-10H2,(H,20,21);11-13,17-18H,2-10,15H2,1H3/t11-;11-,12?,13-,14?/m00/s1. The van der Waals surface area contributed by atoms with Crippen molar-refractivity contribution in [2.75, 3.05) is 32.8 Å². The Balaban J connectivity index is 0.000000170. The number of hydrogen-bond donors (Lipinski definition) is 5. The molecule has 1 saturated carbocycles. The van der Waals surface area contributed by atoms with E-state index in [4.69, 9.17) is 20.3 Å². The van der Waals surface area contributed by atoms with Crippen LogP contribution < -0.4 is 15.2 Å². The third kappa shape index (κ3) is 7.22. The fraction of sp³-hybridized carbons (Fsp3) is 0.531. The molecule has 0 unspecified atom stereocenters. The predicted octanol–water partition coefficient (Wildman–Crippen LogP) is 4.13. The number of carbonyl (C=O) groups is 1. The van der Waals surface area contributed by atoms with E-state index < -0.39 is 11.6 Å². The fourth-order valence-electron chi connectivity index (χ4n) is 6.14. The summed E-state index contributed by atoms with van der Waals surface area (Å²) in [5, 5.41) is 30.1. The summed E-state index contributed by atoms with van der Waals surface area (Å²) in [6.45, 7) is 6.05. The van der Waals surface area contributed by atoms with Crippen LogP contribution in [-0.4, -0.2) is 81.8 Å².